The number of rotatable bonds is 4. The number of amides is 2. The van der Waals surface area contributed by atoms with Gasteiger partial charge in [-0.1, -0.05) is 30.3 Å². The van der Waals surface area contributed by atoms with Gasteiger partial charge in [0.1, 0.15) is 12.2 Å². The number of hydrogen-bond donors (Lipinski definition) is 1. The molecule has 0 bridgehead atoms. The maximum atomic E-state index is 14.4. The number of halogens is 2. The van der Waals surface area contributed by atoms with E-state index in [1.807, 2.05) is 18.2 Å². The van der Waals surface area contributed by atoms with Crippen LogP contribution >= 0.6 is 0 Å². The summed E-state index contributed by atoms with van der Waals surface area (Å²) in [4.78, 5) is 24.7. The Morgan fingerprint density at radius 3 is 2.52 bits per heavy atom. The van der Waals surface area contributed by atoms with Crippen LogP contribution in [0.5, 0.6) is 0 Å². The fourth-order valence-corrected chi connectivity index (χ4v) is 2.70. The molecule has 8 heteroatoms. The molecule has 1 atom stereocenters. The Morgan fingerprint density at radius 1 is 1.26 bits per heavy atom. The molecule has 27 heavy (non-hydrogen) atoms. The van der Waals surface area contributed by atoms with Crippen LogP contribution in [-0.4, -0.2) is 48.2 Å². The zero-order chi connectivity index (χ0) is 20.1. The van der Waals surface area contributed by atoms with Crippen molar-refractivity contribution in [2.75, 3.05) is 19.6 Å². The number of hydrogen-bond acceptors (Lipinski definition) is 4. The molecule has 2 amide bonds. The van der Waals surface area contributed by atoms with E-state index in [9.17, 15) is 18.4 Å². The van der Waals surface area contributed by atoms with Crippen molar-refractivity contribution in [3.8, 4) is 0 Å². The molecule has 2 rings (SSSR count). The van der Waals surface area contributed by atoms with E-state index in [2.05, 4.69) is 5.32 Å². The molecule has 0 aliphatic carbocycles. The van der Waals surface area contributed by atoms with E-state index in [0.29, 0.717) is 0 Å². The molecule has 0 spiro atoms. The highest BCUT2D eigenvalue weighted by Crippen LogP contribution is 2.33. The second kappa shape index (κ2) is 8.54. The van der Waals surface area contributed by atoms with Crippen molar-refractivity contribution >= 4 is 12.2 Å². The van der Waals surface area contributed by atoms with Crippen LogP contribution in [0.25, 0.3) is 0 Å². The second-order valence-electron chi connectivity index (χ2n) is 7.59. The molecule has 1 aromatic carbocycles. The minimum atomic E-state index is -3.12. The third-order valence-electron chi connectivity index (χ3n) is 4.10. The molecule has 0 radical (unpaired) electrons. The Kier molecular flexibility index (Phi) is 6.62. The minimum Gasteiger partial charge on any atom is -0.445 e. The van der Waals surface area contributed by atoms with Crippen molar-refractivity contribution < 1.29 is 27.8 Å². The average Bonchev–Trinajstić information content (AvgIpc) is 2.57. The fourth-order valence-electron chi connectivity index (χ4n) is 2.70. The third-order valence-corrected chi connectivity index (χ3v) is 4.10. The van der Waals surface area contributed by atoms with Gasteiger partial charge < -0.3 is 19.7 Å². The minimum absolute atomic E-state index is 0.0607. The number of alkyl carbamates (subject to hydrolysis) is 1. The highest BCUT2D eigenvalue weighted by atomic mass is 19.3. The highest BCUT2D eigenvalue weighted by Gasteiger charge is 2.46. The Hall–Kier alpha value is -2.38. The maximum absolute atomic E-state index is 14.4. The molecule has 0 aromatic heterocycles. The van der Waals surface area contributed by atoms with Gasteiger partial charge in [-0.05, 0) is 32.8 Å². The van der Waals surface area contributed by atoms with Crippen molar-refractivity contribution in [3.63, 3.8) is 0 Å². The van der Waals surface area contributed by atoms with Crippen LogP contribution in [0.15, 0.2) is 30.3 Å². The molecule has 1 aromatic rings. The molecule has 0 unspecified atom stereocenters. The summed E-state index contributed by atoms with van der Waals surface area (Å²) in [5.74, 6) is -4.19. The SMILES string of the molecule is CC(C)(C)OC(=O)N1CC[C@H](CNC(=O)OCc2ccccc2)C(F)(F)C1. The molecular weight excluding hydrogens is 358 g/mol. The van der Waals surface area contributed by atoms with Gasteiger partial charge in [-0.3, -0.25) is 0 Å². The standard InChI is InChI=1S/C19H26F2N2O4/c1-18(2,3)27-17(25)23-10-9-15(19(20,21)13-23)11-22-16(24)26-12-14-7-5-4-6-8-14/h4-8,15H,9-13H2,1-3H3,(H,22,24)/t15-/m1/s1. The monoisotopic (exact) mass is 384 g/mol. The van der Waals surface area contributed by atoms with Crippen LogP contribution in [-0.2, 0) is 16.1 Å². The average molecular weight is 384 g/mol. The number of benzene rings is 1. The Morgan fingerprint density at radius 2 is 1.93 bits per heavy atom. The normalized spacial score (nSPS) is 19.3. The van der Waals surface area contributed by atoms with Gasteiger partial charge in [0.05, 0.1) is 6.54 Å². The Balaban J connectivity index is 1.79. The lowest BCUT2D eigenvalue weighted by atomic mass is 9.93. The molecule has 1 heterocycles. The first-order valence-corrected chi connectivity index (χ1v) is 8.87. The summed E-state index contributed by atoms with van der Waals surface area (Å²) in [6.07, 6.45) is -1.44. The summed E-state index contributed by atoms with van der Waals surface area (Å²) in [5.41, 5.74) is 0.0662. The fraction of sp³-hybridized carbons (Fsp3) is 0.579. The molecule has 1 fully saturated rings. The summed E-state index contributed by atoms with van der Waals surface area (Å²) >= 11 is 0. The molecule has 1 aliphatic rings. The summed E-state index contributed by atoms with van der Waals surface area (Å²) in [7, 11) is 0. The summed E-state index contributed by atoms with van der Waals surface area (Å²) < 4.78 is 38.9. The zero-order valence-electron chi connectivity index (χ0n) is 15.8. The first-order chi connectivity index (χ1) is 12.6. The number of carbonyl (C=O) groups excluding carboxylic acids is 2. The van der Waals surface area contributed by atoms with Crippen molar-refractivity contribution in [2.24, 2.45) is 5.92 Å². The van der Waals surface area contributed by atoms with E-state index in [0.717, 1.165) is 10.5 Å². The summed E-state index contributed by atoms with van der Waals surface area (Å²) in [6, 6.07) is 9.07. The van der Waals surface area contributed by atoms with Gasteiger partial charge in [-0.25, -0.2) is 18.4 Å². The predicted octanol–water partition coefficient (Wildman–Crippen LogP) is 3.81. The summed E-state index contributed by atoms with van der Waals surface area (Å²) in [5, 5.41) is 2.38. The number of likely N-dealkylation sites (tertiary alicyclic amines) is 1. The number of nitrogens with one attached hydrogen (secondary N) is 1. The summed E-state index contributed by atoms with van der Waals surface area (Å²) in [6.45, 7) is 4.31. The van der Waals surface area contributed by atoms with Crippen molar-refractivity contribution in [1.29, 1.82) is 0 Å². The predicted molar refractivity (Wildman–Crippen MR) is 95.5 cm³/mol. The zero-order valence-corrected chi connectivity index (χ0v) is 15.8. The topological polar surface area (TPSA) is 67.9 Å². The molecule has 150 valence electrons. The second-order valence-corrected chi connectivity index (χ2v) is 7.59. The van der Waals surface area contributed by atoms with E-state index in [1.165, 1.54) is 0 Å². The highest BCUT2D eigenvalue weighted by molar-refractivity contribution is 5.68. The first-order valence-electron chi connectivity index (χ1n) is 8.87. The Labute approximate surface area is 157 Å². The number of carbonyl (C=O) groups is 2. The van der Waals surface area contributed by atoms with Crippen LogP contribution in [0.1, 0.15) is 32.8 Å². The van der Waals surface area contributed by atoms with Crippen LogP contribution in [0.3, 0.4) is 0 Å². The van der Waals surface area contributed by atoms with Crippen LogP contribution in [0, 0.1) is 5.92 Å². The van der Waals surface area contributed by atoms with Gasteiger partial charge in [-0.15, -0.1) is 0 Å². The van der Waals surface area contributed by atoms with Crippen molar-refractivity contribution in [2.45, 2.75) is 45.3 Å². The van der Waals surface area contributed by atoms with Crippen LogP contribution < -0.4 is 5.32 Å². The van der Waals surface area contributed by atoms with Crippen molar-refractivity contribution in [3.05, 3.63) is 35.9 Å². The molecular formula is C19H26F2N2O4. The first kappa shape index (κ1) is 20.9. The number of alkyl halides is 2. The van der Waals surface area contributed by atoms with Crippen LogP contribution in [0.2, 0.25) is 0 Å². The van der Waals surface area contributed by atoms with Gasteiger partial charge in [-0.2, -0.15) is 0 Å². The van der Waals surface area contributed by atoms with Crippen molar-refractivity contribution in [1.82, 2.24) is 10.2 Å². The molecule has 1 aliphatic heterocycles. The van der Waals surface area contributed by atoms with E-state index in [-0.39, 0.29) is 26.1 Å². The van der Waals surface area contributed by atoms with E-state index in [4.69, 9.17) is 9.47 Å². The van der Waals surface area contributed by atoms with E-state index in [1.54, 1.807) is 32.9 Å². The smallest absolute Gasteiger partial charge is 0.410 e. The van der Waals surface area contributed by atoms with Gasteiger partial charge in [0.2, 0.25) is 0 Å². The van der Waals surface area contributed by atoms with E-state index >= 15 is 0 Å². The molecule has 6 nitrogen and oxygen atoms in total. The lowest BCUT2D eigenvalue weighted by molar-refractivity contribution is -0.108. The number of ether oxygens (including phenoxy) is 2. The molecule has 1 N–H and O–H groups in total. The lowest BCUT2D eigenvalue weighted by Gasteiger charge is -2.38. The van der Waals surface area contributed by atoms with Gasteiger partial charge in [0.15, 0.2) is 0 Å². The quantitative estimate of drug-likeness (QED) is 0.857. The molecule has 1 saturated heterocycles. The van der Waals surface area contributed by atoms with E-state index < -0.39 is 36.2 Å². The lowest BCUT2D eigenvalue weighted by Crippen LogP contribution is -2.54. The van der Waals surface area contributed by atoms with Gasteiger partial charge >= 0.3 is 12.2 Å². The largest absolute Gasteiger partial charge is 0.445 e. The third kappa shape index (κ3) is 6.69. The van der Waals surface area contributed by atoms with Crippen LogP contribution in [0.4, 0.5) is 18.4 Å². The number of piperidine rings is 1. The number of nitrogens with zero attached hydrogens (tertiary/aromatic N) is 1. The van der Waals surface area contributed by atoms with Gasteiger partial charge in [0, 0.05) is 19.0 Å². The molecule has 0 saturated carbocycles. The Bertz CT molecular complexity index is 647. The maximum Gasteiger partial charge on any atom is 0.410 e. The van der Waals surface area contributed by atoms with Gasteiger partial charge in [0.25, 0.3) is 5.92 Å².